The largest absolute Gasteiger partial charge is 0.493 e. The number of aliphatic imine (C=N–C) groups is 1. The van der Waals surface area contributed by atoms with Gasteiger partial charge < -0.3 is 39.4 Å². The lowest BCUT2D eigenvalue weighted by Crippen LogP contribution is -2.47. The number of carbonyl (C=O) groups excluding carboxylic acids is 3. The zero-order chi connectivity index (χ0) is 33.6. The first-order valence-electron chi connectivity index (χ1n) is 16.5. The fraction of sp³-hybridized carbons (Fsp3) is 0.543. The van der Waals surface area contributed by atoms with Crippen molar-refractivity contribution in [1.29, 1.82) is 0 Å². The Bertz CT molecular complexity index is 1380. The molecule has 12 heteroatoms. The van der Waals surface area contributed by atoms with Crippen molar-refractivity contribution in [3.63, 3.8) is 0 Å². The van der Waals surface area contributed by atoms with Gasteiger partial charge in [0.2, 0.25) is 18.7 Å². The van der Waals surface area contributed by atoms with E-state index in [-0.39, 0.29) is 24.5 Å². The zero-order valence-corrected chi connectivity index (χ0v) is 28.1. The molecule has 0 aromatic heterocycles. The van der Waals surface area contributed by atoms with Gasteiger partial charge in [0.15, 0.2) is 23.0 Å². The Hall–Kier alpha value is -4.32. The van der Waals surface area contributed by atoms with Crippen LogP contribution in [0.1, 0.15) is 56.1 Å². The molecule has 0 radical (unpaired) electrons. The van der Waals surface area contributed by atoms with E-state index in [0.717, 1.165) is 86.8 Å². The van der Waals surface area contributed by atoms with Crippen molar-refractivity contribution in [3.8, 4) is 23.0 Å². The number of unbranched alkanes of at least 4 members (excludes halogenated alkanes) is 2. The van der Waals surface area contributed by atoms with E-state index in [9.17, 15) is 14.4 Å². The summed E-state index contributed by atoms with van der Waals surface area (Å²) in [7, 11) is 4.98. The number of amides is 3. The smallest absolute Gasteiger partial charge is 0.241 e. The Morgan fingerprint density at radius 3 is 2.36 bits per heavy atom. The van der Waals surface area contributed by atoms with Gasteiger partial charge in [-0.05, 0) is 88.6 Å². The van der Waals surface area contributed by atoms with Gasteiger partial charge >= 0.3 is 0 Å². The van der Waals surface area contributed by atoms with Crippen LogP contribution >= 0.6 is 0 Å². The van der Waals surface area contributed by atoms with Crippen molar-refractivity contribution in [2.45, 2.75) is 70.4 Å². The third-order valence-electron chi connectivity index (χ3n) is 8.64. The van der Waals surface area contributed by atoms with Gasteiger partial charge in [0, 0.05) is 37.5 Å². The van der Waals surface area contributed by atoms with Crippen LogP contribution in [0.4, 0.5) is 11.4 Å². The fourth-order valence-corrected chi connectivity index (χ4v) is 6.06. The molecule has 3 amide bonds. The molecule has 2 N–H and O–H groups in total. The quantitative estimate of drug-likeness (QED) is 0.149. The third-order valence-corrected chi connectivity index (χ3v) is 8.64. The van der Waals surface area contributed by atoms with Crippen LogP contribution in [0.15, 0.2) is 29.3 Å². The van der Waals surface area contributed by atoms with E-state index in [2.05, 4.69) is 15.6 Å². The van der Waals surface area contributed by atoms with Crippen LogP contribution in [0.5, 0.6) is 23.0 Å². The van der Waals surface area contributed by atoms with Crippen molar-refractivity contribution in [3.05, 3.63) is 35.4 Å². The van der Waals surface area contributed by atoms with E-state index in [1.54, 1.807) is 31.1 Å². The lowest BCUT2D eigenvalue weighted by atomic mass is 9.98. The summed E-state index contributed by atoms with van der Waals surface area (Å²) >= 11 is 0. The standard InChI is InChI=1S/C35H49N5O7/c1-25-16-31(44-3)33(18-29(25)37-20-28-12-9-13-39(28)24-42)46-14-6-5-7-15-47-34-19-30-26(17-32(34)45-4)10-8-11-27(38-23-41)22-40(30)35(43)21-36-2/h16-20,23-24,27-28,36H,5-15,21-22H2,1-4H3,(H,38,41)/b37-20-. The van der Waals surface area contributed by atoms with Gasteiger partial charge in [-0.1, -0.05) is 0 Å². The molecule has 47 heavy (non-hydrogen) atoms. The van der Waals surface area contributed by atoms with Gasteiger partial charge in [0.1, 0.15) is 0 Å². The van der Waals surface area contributed by atoms with Crippen LogP contribution in [-0.4, -0.2) is 96.0 Å². The number of likely N-dealkylation sites (N-methyl/N-ethyl adjacent to an activating group) is 1. The zero-order valence-electron chi connectivity index (χ0n) is 28.1. The second kappa shape index (κ2) is 18.1. The number of methoxy groups -OCH3 is 2. The van der Waals surface area contributed by atoms with Crippen molar-refractivity contribution in [2.75, 3.05) is 59.0 Å². The van der Waals surface area contributed by atoms with Crippen molar-refractivity contribution in [1.82, 2.24) is 15.5 Å². The first-order chi connectivity index (χ1) is 22.9. The number of ether oxygens (including phenoxy) is 4. The summed E-state index contributed by atoms with van der Waals surface area (Å²) in [5, 5.41) is 5.80. The van der Waals surface area contributed by atoms with Crippen molar-refractivity contribution >= 4 is 36.3 Å². The second-order valence-corrected chi connectivity index (χ2v) is 11.9. The molecule has 4 rings (SSSR count). The van der Waals surface area contributed by atoms with Crippen molar-refractivity contribution < 1.29 is 33.3 Å². The van der Waals surface area contributed by atoms with E-state index < -0.39 is 0 Å². The molecular weight excluding hydrogens is 602 g/mol. The van der Waals surface area contributed by atoms with Crippen LogP contribution in [0.2, 0.25) is 0 Å². The Morgan fingerprint density at radius 2 is 1.68 bits per heavy atom. The van der Waals surface area contributed by atoms with Gasteiger partial charge in [-0.2, -0.15) is 0 Å². The summed E-state index contributed by atoms with van der Waals surface area (Å²) < 4.78 is 23.5. The fourth-order valence-electron chi connectivity index (χ4n) is 6.06. The Balaban J connectivity index is 1.33. The van der Waals surface area contributed by atoms with Gasteiger partial charge in [-0.25, -0.2) is 0 Å². The van der Waals surface area contributed by atoms with Crippen LogP contribution in [-0.2, 0) is 20.8 Å². The molecule has 2 atom stereocenters. The highest BCUT2D eigenvalue weighted by molar-refractivity contribution is 5.96. The van der Waals surface area contributed by atoms with Gasteiger partial charge in [0.25, 0.3) is 0 Å². The van der Waals surface area contributed by atoms with Crippen LogP contribution in [0.25, 0.3) is 0 Å². The normalized spacial score (nSPS) is 17.9. The molecule has 0 saturated carbocycles. The first kappa shape index (κ1) is 35.5. The molecule has 2 aliphatic heterocycles. The van der Waals surface area contributed by atoms with Crippen LogP contribution in [0, 0.1) is 6.92 Å². The van der Waals surface area contributed by atoms with E-state index in [1.165, 1.54) is 0 Å². The first-order valence-corrected chi connectivity index (χ1v) is 16.5. The highest BCUT2D eigenvalue weighted by Gasteiger charge is 2.27. The number of anilines is 1. The van der Waals surface area contributed by atoms with Gasteiger partial charge in [-0.3, -0.25) is 19.4 Å². The minimum Gasteiger partial charge on any atom is -0.493 e. The molecule has 1 fully saturated rings. The number of aryl methyl sites for hydroxylation is 2. The number of likely N-dealkylation sites (tertiary alicyclic amines) is 1. The molecule has 2 aromatic carbocycles. The molecular formula is C35H49N5O7. The molecule has 0 bridgehead atoms. The molecule has 2 heterocycles. The van der Waals surface area contributed by atoms with E-state index in [0.29, 0.717) is 49.2 Å². The summed E-state index contributed by atoms with van der Waals surface area (Å²) in [4.78, 5) is 43.8. The molecule has 1 saturated heterocycles. The molecule has 12 nitrogen and oxygen atoms in total. The average molecular weight is 652 g/mol. The summed E-state index contributed by atoms with van der Waals surface area (Å²) in [6.45, 7) is 4.29. The maximum Gasteiger partial charge on any atom is 0.241 e. The topological polar surface area (TPSA) is 131 Å². The predicted molar refractivity (Wildman–Crippen MR) is 182 cm³/mol. The minimum absolute atomic E-state index is 0.0220. The molecule has 2 aliphatic rings. The number of rotatable bonds is 17. The number of hydrogen-bond acceptors (Lipinski definition) is 9. The van der Waals surface area contributed by atoms with E-state index in [1.807, 2.05) is 37.4 Å². The number of nitrogens with one attached hydrogen (secondary N) is 2. The van der Waals surface area contributed by atoms with Gasteiger partial charge in [-0.15, -0.1) is 0 Å². The van der Waals surface area contributed by atoms with Crippen molar-refractivity contribution in [2.24, 2.45) is 4.99 Å². The molecule has 0 aliphatic carbocycles. The summed E-state index contributed by atoms with van der Waals surface area (Å²) in [5.41, 5.74) is 3.56. The maximum atomic E-state index is 13.1. The Kier molecular flexibility index (Phi) is 13.7. The lowest BCUT2D eigenvalue weighted by Gasteiger charge is -2.32. The Labute approximate surface area is 277 Å². The summed E-state index contributed by atoms with van der Waals surface area (Å²) in [6.07, 6.45) is 10.2. The van der Waals surface area contributed by atoms with E-state index in [4.69, 9.17) is 18.9 Å². The van der Waals surface area contributed by atoms with Gasteiger partial charge in [0.05, 0.1) is 51.4 Å². The van der Waals surface area contributed by atoms with E-state index >= 15 is 0 Å². The number of fused-ring (bicyclic) bond motifs is 1. The van der Waals surface area contributed by atoms with Crippen LogP contribution in [0.3, 0.4) is 0 Å². The number of carbonyl (C=O) groups is 3. The predicted octanol–water partition coefficient (Wildman–Crippen LogP) is 3.97. The Morgan fingerprint density at radius 1 is 0.957 bits per heavy atom. The number of benzene rings is 2. The summed E-state index contributed by atoms with van der Waals surface area (Å²) in [6, 6.07) is 7.56. The maximum absolute atomic E-state index is 13.1. The lowest BCUT2D eigenvalue weighted by molar-refractivity contribution is -0.118. The summed E-state index contributed by atoms with van der Waals surface area (Å²) in [5.74, 6) is 2.42. The van der Waals surface area contributed by atoms with Crippen LogP contribution < -0.4 is 34.5 Å². The minimum atomic E-state index is -0.124. The third kappa shape index (κ3) is 9.60. The SMILES string of the molecule is CNCC(=O)N1CC(NC=O)CCCc2cc(OC)c(OCCCCCOc3cc(/N=C\C4CCCN4C=O)c(C)cc3OC)cc21. The average Bonchev–Trinajstić information content (AvgIpc) is 3.53. The molecule has 2 aromatic rings. The highest BCUT2D eigenvalue weighted by Crippen LogP contribution is 2.38. The molecule has 256 valence electrons. The molecule has 2 unspecified atom stereocenters. The number of nitrogens with zero attached hydrogens (tertiary/aromatic N) is 3. The number of hydrogen-bond donors (Lipinski definition) is 2. The molecule has 0 spiro atoms. The highest BCUT2D eigenvalue weighted by atomic mass is 16.5. The second-order valence-electron chi connectivity index (χ2n) is 11.9. The monoisotopic (exact) mass is 651 g/mol.